The van der Waals surface area contributed by atoms with Gasteiger partial charge < -0.3 is 4.74 Å². The van der Waals surface area contributed by atoms with Crippen LogP contribution >= 0.6 is 0 Å². The first-order valence-corrected chi connectivity index (χ1v) is 8.98. The topological polar surface area (TPSA) is 89.0 Å². The first-order chi connectivity index (χ1) is 14.0. The number of hydrogen-bond acceptors (Lipinski definition) is 5. The summed E-state index contributed by atoms with van der Waals surface area (Å²) in [5.74, 6) is 0.793. The van der Waals surface area contributed by atoms with E-state index in [1.54, 1.807) is 24.4 Å². The van der Waals surface area contributed by atoms with Crippen molar-refractivity contribution >= 4 is 17.3 Å². The van der Waals surface area contributed by atoms with E-state index in [0.717, 1.165) is 28.1 Å². The Bertz CT molecular complexity index is 1080. The standard InChI is InChI=1S/C23H19N3O3/c1-16-11-18(12-17(2)23(16)29-15-21-5-3-4-10-25-21)13-20(14-24)19-6-8-22(9-7-19)26(27)28/h3-13H,15H2,1-2H3/b20-13+. The Kier molecular flexibility index (Phi) is 6.00. The molecule has 0 aliphatic rings. The van der Waals surface area contributed by atoms with Crippen molar-refractivity contribution in [1.82, 2.24) is 4.98 Å². The van der Waals surface area contributed by atoms with Crippen LogP contribution in [0.15, 0.2) is 60.8 Å². The number of nitro groups is 1. The molecule has 0 bridgehead atoms. The van der Waals surface area contributed by atoms with Crippen LogP contribution in [0.1, 0.15) is 27.9 Å². The van der Waals surface area contributed by atoms with Crippen molar-refractivity contribution in [3.63, 3.8) is 0 Å². The van der Waals surface area contributed by atoms with Crippen LogP contribution in [0.2, 0.25) is 0 Å². The number of rotatable bonds is 6. The highest BCUT2D eigenvalue weighted by atomic mass is 16.6. The molecule has 0 radical (unpaired) electrons. The summed E-state index contributed by atoms with van der Waals surface area (Å²) in [6.45, 7) is 4.29. The van der Waals surface area contributed by atoms with Crippen LogP contribution in [0, 0.1) is 35.3 Å². The van der Waals surface area contributed by atoms with E-state index in [9.17, 15) is 15.4 Å². The monoisotopic (exact) mass is 385 g/mol. The Labute approximate surface area is 168 Å². The molecule has 0 unspecified atom stereocenters. The minimum Gasteiger partial charge on any atom is -0.487 e. The molecule has 0 saturated carbocycles. The van der Waals surface area contributed by atoms with Crippen molar-refractivity contribution in [2.45, 2.75) is 20.5 Å². The second-order valence-corrected chi connectivity index (χ2v) is 6.57. The van der Waals surface area contributed by atoms with E-state index < -0.39 is 4.92 Å². The molecule has 0 fully saturated rings. The largest absolute Gasteiger partial charge is 0.487 e. The van der Waals surface area contributed by atoms with Crippen LogP contribution in [0.5, 0.6) is 5.75 Å². The SMILES string of the molecule is Cc1cc(/C=C(\C#N)c2ccc([N+](=O)[O-])cc2)cc(C)c1OCc1ccccn1. The number of allylic oxidation sites excluding steroid dienone is 1. The summed E-state index contributed by atoms with van der Waals surface area (Å²) in [5, 5.41) is 20.3. The lowest BCUT2D eigenvalue weighted by Gasteiger charge is -2.13. The molecule has 6 heteroatoms. The number of non-ortho nitro benzene ring substituents is 1. The summed E-state index contributed by atoms with van der Waals surface area (Å²) in [6, 6.07) is 17.7. The number of pyridine rings is 1. The summed E-state index contributed by atoms with van der Waals surface area (Å²) < 4.78 is 5.95. The average molecular weight is 385 g/mol. The maximum Gasteiger partial charge on any atom is 0.269 e. The maximum atomic E-state index is 10.8. The van der Waals surface area contributed by atoms with Crippen molar-refractivity contribution in [2.24, 2.45) is 0 Å². The van der Waals surface area contributed by atoms with E-state index in [1.807, 2.05) is 44.2 Å². The van der Waals surface area contributed by atoms with Crippen LogP contribution in [0.4, 0.5) is 5.69 Å². The second kappa shape index (κ2) is 8.81. The van der Waals surface area contributed by atoms with Crippen molar-refractivity contribution in [2.75, 3.05) is 0 Å². The summed E-state index contributed by atoms with van der Waals surface area (Å²) in [5.41, 5.74) is 4.67. The molecule has 0 aliphatic heterocycles. The Hall–Kier alpha value is -3.98. The molecule has 0 amide bonds. The van der Waals surface area contributed by atoms with E-state index in [4.69, 9.17) is 4.74 Å². The van der Waals surface area contributed by atoms with Gasteiger partial charge in [0, 0.05) is 18.3 Å². The van der Waals surface area contributed by atoms with Gasteiger partial charge >= 0.3 is 0 Å². The molecule has 0 N–H and O–H groups in total. The normalized spacial score (nSPS) is 11.0. The lowest BCUT2D eigenvalue weighted by Crippen LogP contribution is -2.01. The molecule has 3 aromatic rings. The highest BCUT2D eigenvalue weighted by Gasteiger charge is 2.10. The average Bonchev–Trinajstić information content (AvgIpc) is 2.72. The number of aromatic nitrogens is 1. The fourth-order valence-electron chi connectivity index (χ4n) is 3.03. The minimum absolute atomic E-state index is 0.00728. The van der Waals surface area contributed by atoms with Crippen LogP contribution < -0.4 is 4.74 Å². The second-order valence-electron chi connectivity index (χ2n) is 6.57. The molecule has 0 aliphatic carbocycles. The maximum absolute atomic E-state index is 10.8. The van der Waals surface area contributed by atoms with Crippen molar-refractivity contribution in [3.05, 3.63) is 98.9 Å². The Morgan fingerprint density at radius 2 is 1.86 bits per heavy atom. The van der Waals surface area contributed by atoms with Gasteiger partial charge in [-0.05, 0) is 78.6 Å². The quantitative estimate of drug-likeness (QED) is 0.250. The van der Waals surface area contributed by atoms with Crippen molar-refractivity contribution < 1.29 is 9.66 Å². The molecule has 0 spiro atoms. The summed E-state index contributed by atoms with van der Waals surface area (Å²) in [7, 11) is 0. The third-order valence-electron chi connectivity index (χ3n) is 4.39. The van der Waals surface area contributed by atoms with E-state index >= 15 is 0 Å². The zero-order valence-electron chi connectivity index (χ0n) is 16.1. The third-order valence-corrected chi connectivity index (χ3v) is 4.39. The van der Waals surface area contributed by atoms with Gasteiger partial charge in [0.1, 0.15) is 12.4 Å². The van der Waals surface area contributed by atoms with Gasteiger partial charge in [0.15, 0.2) is 0 Å². The number of nitriles is 1. The predicted octanol–water partition coefficient (Wildman–Crippen LogP) is 5.25. The number of nitrogens with zero attached hydrogens (tertiary/aromatic N) is 3. The fraction of sp³-hybridized carbons (Fsp3) is 0.130. The minimum atomic E-state index is -0.462. The molecule has 144 valence electrons. The molecule has 0 atom stereocenters. The smallest absolute Gasteiger partial charge is 0.269 e. The predicted molar refractivity (Wildman–Crippen MR) is 111 cm³/mol. The zero-order chi connectivity index (χ0) is 20.8. The van der Waals surface area contributed by atoms with Crippen molar-refractivity contribution in [1.29, 1.82) is 5.26 Å². The van der Waals surface area contributed by atoms with Gasteiger partial charge in [0.2, 0.25) is 0 Å². The molecular weight excluding hydrogens is 366 g/mol. The Morgan fingerprint density at radius 3 is 2.41 bits per heavy atom. The molecule has 3 rings (SSSR count). The lowest BCUT2D eigenvalue weighted by molar-refractivity contribution is -0.384. The van der Waals surface area contributed by atoms with Crippen LogP contribution in [0.25, 0.3) is 11.6 Å². The molecule has 1 aromatic heterocycles. The Morgan fingerprint density at radius 1 is 1.17 bits per heavy atom. The van der Waals surface area contributed by atoms with Crippen LogP contribution in [0.3, 0.4) is 0 Å². The highest BCUT2D eigenvalue weighted by Crippen LogP contribution is 2.28. The van der Waals surface area contributed by atoms with Crippen LogP contribution in [-0.2, 0) is 6.61 Å². The summed E-state index contributed by atoms with van der Waals surface area (Å²) in [6.07, 6.45) is 3.50. The number of aryl methyl sites for hydroxylation is 2. The first kappa shape index (κ1) is 19.8. The van der Waals surface area contributed by atoms with Crippen LogP contribution in [-0.4, -0.2) is 9.91 Å². The molecule has 6 nitrogen and oxygen atoms in total. The number of ether oxygens (including phenoxy) is 1. The number of hydrogen-bond donors (Lipinski definition) is 0. The first-order valence-electron chi connectivity index (χ1n) is 8.98. The van der Waals surface area contributed by atoms with Gasteiger partial charge in [-0.3, -0.25) is 15.1 Å². The highest BCUT2D eigenvalue weighted by molar-refractivity contribution is 5.90. The molecule has 29 heavy (non-hydrogen) atoms. The van der Waals surface area contributed by atoms with Gasteiger partial charge in [-0.15, -0.1) is 0 Å². The van der Waals surface area contributed by atoms with Crippen molar-refractivity contribution in [3.8, 4) is 11.8 Å². The third kappa shape index (κ3) is 4.85. The van der Waals surface area contributed by atoms with E-state index in [2.05, 4.69) is 11.1 Å². The lowest BCUT2D eigenvalue weighted by atomic mass is 10.0. The Balaban J connectivity index is 1.84. The van der Waals surface area contributed by atoms with Gasteiger partial charge in [-0.1, -0.05) is 6.07 Å². The molecule has 1 heterocycles. The van der Waals surface area contributed by atoms with Gasteiger partial charge in [-0.25, -0.2) is 0 Å². The van der Waals surface area contributed by atoms with E-state index in [-0.39, 0.29) is 5.69 Å². The molecule has 0 saturated heterocycles. The van der Waals surface area contributed by atoms with E-state index in [1.165, 1.54) is 12.1 Å². The van der Waals surface area contributed by atoms with E-state index in [0.29, 0.717) is 17.7 Å². The van der Waals surface area contributed by atoms with Gasteiger partial charge in [0.05, 0.1) is 22.3 Å². The summed E-state index contributed by atoms with van der Waals surface area (Å²) in [4.78, 5) is 14.6. The fourth-order valence-corrected chi connectivity index (χ4v) is 3.03. The molecule has 2 aromatic carbocycles. The summed E-state index contributed by atoms with van der Waals surface area (Å²) >= 11 is 0. The number of benzene rings is 2. The van der Waals surface area contributed by atoms with Gasteiger partial charge in [-0.2, -0.15) is 5.26 Å². The van der Waals surface area contributed by atoms with Gasteiger partial charge in [0.25, 0.3) is 5.69 Å². The number of nitro benzene ring substituents is 1. The molecular formula is C23H19N3O3. The zero-order valence-corrected chi connectivity index (χ0v) is 16.1.